The molecule has 4 nitrogen and oxygen atoms in total. The summed E-state index contributed by atoms with van der Waals surface area (Å²) >= 11 is 1.59. The van der Waals surface area contributed by atoms with Crippen molar-refractivity contribution < 1.29 is 9.53 Å². The highest BCUT2D eigenvalue weighted by Crippen LogP contribution is 2.16. The summed E-state index contributed by atoms with van der Waals surface area (Å²) in [6.45, 7) is 2.88. The van der Waals surface area contributed by atoms with Crippen LogP contribution in [-0.2, 0) is 11.3 Å². The summed E-state index contributed by atoms with van der Waals surface area (Å²) in [5, 5.41) is 3.85. The average Bonchev–Trinajstić information content (AvgIpc) is 2.55. The first-order chi connectivity index (χ1) is 10.7. The third-order valence-electron chi connectivity index (χ3n) is 3.18. The number of para-hydroxylation sites is 1. The number of hydrogen-bond acceptors (Lipinski definition) is 4. The molecule has 0 saturated carbocycles. The van der Waals surface area contributed by atoms with Crippen molar-refractivity contribution in [2.24, 2.45) is 0 Å². The second kappa shape index (κ2) is 8.44. The van der Waals surface area contributed by atoms with Crippen LogP contribution in [0.5, 0.6) is 5.75 Å². The van der Waals surface area contributed by atoms with Crippen molar-refractivity contribution in [3.8, 4) is 5.75 Å². The summed E-state index contributed by atoms with van der Waals surface area (Å²) in [7, 11) is 0. The number of hydrogen-bond donors (Lipinski definition) is 1. The molecule has 22 heavy (non-hydrogen) atoms. The van der Waals surface area contributed by atoms with Gasteiger partial charge < -0.3 is 10.1 Å². The molecule has 0 spiro atoms. The number of thioether (sulfide) groups is 1. The molecular weight excluding hydrogens is 296 g/mol. The minimum Gasteiger partial charge on any atom is -0.493 e. The van der Waals surface area contributed by atoms with Crippen LogP contribution in [0.25, 0.3) is 0 Å². The highest BCUT2D eigenvalue weighted by Gasteiger charge is 2.04. The van der Waals surface area contributed by atoms with Gasteiger partial charge in [-0.3, -0.25) is 4.79 Å². The number of nitrogens with one attached hydrogen (secondary N) is 1. The predicted molar refractivity (Wildman–Crippen MR) is 89.2 cm³/mol. The van der Waals surface area contributed by atoms with Gasteiger partial charge in [0.15, 0.2) is 0 Å². The Morgan fingerprint density at radius 1 is 1.32 bits per heavy atom. The monoisotopic (exact) mass is 316 g/mol. The van der Waals surface area contributed by atoms with Gasteiger partial charge in [0.1, 0.15) is 5.75 Å². The summed E-state index contributed by atoms with van der Waals surface area (Å²) in [5.41, 5.74) is 2.12. The van der Waals surface area contributed by atoms with E-state index in [0.29, 0.717) is 19.6 Å². The van der Waals surface area contributed by atoms with Gasteiger partial charge >= 0.3 is 0 Å². The third kappa shape index (κ3) is 5.07. The minimum atomic E-state index is -0.0175. The number of aryl methyl sites for hydroxylation is 1. The van der Waals surface area contributed by atoms with E-state index in [-0.39, 0.29) is 5.91 Å². The van der Waals surface area contributed by atoms with E-state index in [2.05, 4.69) is 10.3 Å². The first-order valence-electron chi connectivity index (χ1n) is 7.13. The second-order valence-corrected chi connectivity index (χ2v) is 5.67. The van der Waals surface area contributed by atoms with Gasteiger partial charge in [-0.05, 0) is 42.5 Å². The van der Waals surface area contributed by atoms with Crippen molar-refractivity contribution in [1.82, 2.24) is 10.3 Å². The molecule has 1 aromatic heterocycles. The van der Waals surface area contributed by atoms with Crippen LogP contribution in [0.3, 0.4) is 0 Å². The molecule has 2 aromatic rings. The number of nitrogens with zero attached hydrogens (tertiary/aromatic N) is 1. The molecule has 0 aliphatic rings. The molecule has 5 heteroatoms. The molecular formula is C17H20N2O2S. The van der Waals surface area contributed by atoms with E-state index in [1.54, 1.807) is 18.0 Å². The Balaban J connectivity index is 1.73. The lowest BCUT2D eigenvalue weighted by atomic mass is 10.2. The van der Waals surface area contributed by atoms with Gasteiger partial charge in [0, 0.05) is 12.7 Å². The Labute approximate surface area is 135 Å². The normalized spacial score (nSPS) is 10.3. The molecule has 0 fully saturated rings. The minimum absolute atomic E-state index is 0.0175. The Bertz CT molecular complexity index is 632. The number of carbonyl (C=O) groups is 1. The topological polar surface area (TPSA) is 51.2 Å². The summed E-state index contributed by atoms with van der Waals surface area (Å²) in [5.74, 6) is 0.810. The number of aromatic nitrogens is 1. The van der Waals surface area contributed by atoms with Crippen molar-refractivity contribution in [1.29, 1.82) is 0 Å². The molecule has 0 aliphatic carbocycles. The van der Waals surface area contributed by atoms with Crippen molar-refractivity contribution in [3.63, 3.8) is 0 Å². The lowest BCUT2D eigenvalue weighted by Gasteiger charge is -2.09. The quantitative estimate of drug-likeness (QED) is 0.797. The maximum absolute atomic E-state index is 11.8. The average molecular weight is 316 g/mol. The molecule has 0 radical (unpaired) electrons. The van der Waals surface area contributed by atoms with E-state index >= 15 is 0 Å². The van der Waals surface area contributed by atoms with Gasteiger partial charge in [-0.25, -0.2) is 4.98 Å². The first-order valence-corrected chi connectivity index (χ1v) is 8.35. The van der Waals surface area contributed by atoms with Crippen LogP contribution < -0.4 is 10.1 Å². The van der Waals surface area contributed by atoms with Crippen molar-refractivity contribution >= 4 is 17.7 Å². The van der Waals surface area contributed by atoms with Crippen molar-refractivity contribution in [2.75, 3.05) is 12.9 Å². The molecule has 0 unspecified atom stereocenters. The fourth-order valence-electron chi connectivity index (χ4n) is 1.93. The van der Waals surface area contributed by atoms with Gasteiger partial charge in [-0.2, -0.15) is 0 Å². The lowest BCUT2D eigenvalue weighted by molar-refractivity contribution is -0.121. The summed E-state index contributed by atoms with van der Waals surface area (Å²) in [4.78, 5) is 16.0. The van der Waals surface area contributed by atoms with Gasteiger partial charge in [0.05, 0.1) is 18.1 Å². The summed E-state index contributed by atoms with van der Waals surface area (Å²) < 4.78 is 5.62. The summed E-state index contributed by atoms with van der Waals surface area (Å²) in [6.07, 6.45) is 4.08. The predicted octanol–water partition coefficient (Wildman–Crippen LogP) is 3.20. The van der Waals surface area contributed by atoms with E-state index in [1.165, 1.54) is 0 Å². The van der Waals surface area contributed by atoms with E-state index in [9.17, 15) is 4.79 Å². The third-order valence-corrected chi connectivity index (χ3v) is 3.82. The molecule has 116 valence electrons. The highest BCUT2D eigenvalue weighted by molar-refractivity contribution is 7.98. The van der Waals surface area contributed by atoms with Crippen LogP contribution >= 0.6 is 11.8 Å². The standard InChI is InChI=1S/C17H20N2O2S/c1-13-5-3-4-6-15(13)21-10-8-16(20)19-12-14-7-9-18-17(11-14)22-2/h3-7,9,11H,8,10,12H2,1-2H3,(H,19,20). The number of ether oxygens (including phenoxy) is 1. The zero-order valence-electron chi connectivity index (χ0n) is 12.8. The van der Waals surface area contributed by atoms with Crippen LogP contribution in [-0.4, -0.2) is 23.8 Å². The van der Waals surface area contributed by atoms with Gasteiger partial charge in [-0.1, -0.05) is 18.2 Å². The number of rotatable bonds is 7. The molecule has 0 saturated heterocycles. The van der Waals surface area contributed by atoms with E-state index in [1.807, 2.05) is 49.6 Å². The Morgan fingerprint density at radius 2 is 2.14 bits per heavy atom. The summed E-state index contributed by atoms with van der Waals surface area (Å²) in [6, 6.07) is 11.7. The molecule has 0 bridgehead atoms. The highest BCUT2D eigenvalue weighted by atomic mass is 32.2. The van der Waals surface area contributed by atoms with Crippen LogP contribution in [0, 0.1) is 6.92 Å². The Morgan fingerprint density at radius 3 is 2.91 bits per heavy atom. The van der Waals surface area contributed by atoms with E-state index in [0.717, 1.165) is 21.9 Å². The fraction of sp³-hybridized carbons (Fsp3) is 0.294. The van der Waals surface area contributed by atoms with Gasteiger partial charge in [-0.15, -0.1) is 11.8 Å². The largest absolute Gasteiger partial charge is 0.493 e. The number of benzene rings is 1. The smallest absolute Gasteiger partial charge is 0.223 e. The van der Waals surface area contributed by atoms with Crippen molar-refractivity contribution in [2.45, 2.75) is 24.9 Å². The van der Waals surface area contributed by atoms with Crippen LogP contribution in [0.2, 0.25) is 0 Å². The Hall–Kier alpha value is -2.01. The van der Waals surface area contributed by atoms with Crippen molar-refractivity contribution in [3.05, 3.63) is 53.7 Å². The van der Waals surface area contributed by atoms with Crippen LogP contribution in [0.15, 0.2) is 47.6 Å². The second-order valence-electron chi connectivity index (χ2n) is 4.85. The molecule has 0 atom stereocenters. The maximum atomic E-state index is 11.8. The molecule has 1 aromatic carbocycles. The maximum Gasteiger partial charge on any atom is 0.223 e. The van der Waals surface area contributed by atoms with Gasteiger partial charge in [0.2, 0.25) is 5.91 Å². The first kappa shape index (κ1) is 16.4. The zero-order chi connectivity index (χ0) is 15.8. The molecule has 0 aliphatic heterocycles. The van der Waals surface area contributed by atoms with Crippen LogP contribution in [0.4, 0.5) is 0 Å². The SMILES string of the molecule is CSc1cc(CNC(=O)CCOc2ccccc2C)ccn1. The Kier molecular flexibility index (Phi) is 6.27. The zero-order valence-corrected chi connectivity index (χ0v) is 13.7. The molecule has 1 N–H and O–H groups in total. The molecule has 1 amide bonds. The van der Waals surface area contributed by atoms with E-state index < -0.39 is 0 Å². The number of carbonyl (C=O) groups excluding carboxylic acids is 1. The van der Waals surface area contributed by atoms with E-state index in [4.69, 9.17) is 4.74 Å². The molecule has 1 heterocycles. The number of pyridine rings is 1. The van der Waals surface area contributed by atoms with Crippen LogP contribution in [0.1, 0.15) is 17.5 Å². The van der Waals surface area contributed by atoms with Gasteiger partial charge in [0.25, 0.3) is 0 Å². The fourth-order valence-corrected chi connectivity index (χ4v) is 2.37. The number of amides is 1. The molecule has 2 rings (SSSR count). The lowest BCUT2D eigenvalue weighted by Crippen LogP contribution is -2.24.